The summed E-state index contributed by atoms with van der Waals surface area (Å²) in [5.74, 6) is 0.763. The third kappa shape index (κ3) is 4.46. The second-order valence-electron chi connectivity index (χ2n) is 5.96. The van der Waals surface area contributed by atoms with E-state index < -0.39 is 0 Å². The highest BCUT2D eigenvalue weighted by atomic mass is 16.3. The number of aromatic hydroxyl groups is 1. The molecule has 1 aromatic carbocycles. The molecule has 0 saturated carbocycles. The number of phenolic OH excluding ortho intramolecular Hbond substituents is 1. The molecule has 1 unspecified atom stereocenters. The molecule has 1 atom stereocenters. The van der Waals surface area contributed by atoms with Gasteiger partial charge in [0, 0.05) is 38.6 Å². The molecule has 116 valence electrons. The van der Waals surface area contributed by atoms with E-state index in [9.17, 15) is 9.90 Å². The van der Waals surface area contributed by atoms with Gasteiger partial charge in [0.2, 0.25) is 5.91 Å². The summed E-state index contributed by atoms with van der Waals surface area (Å²) >= 11 is 0. The van der Waals surface area contributed by atoms with Gasteiger partial charge in [0.05, 0.1) is 0 Å². The first-order valence-corrected chi connectivity index (χ1v) is 7.89. The first-order valence-electron chi connectivity index (χ1n) is 7.89. The molecule has 0 aliphatic carbocycles. The Kier molecular flexibility index (Phi) is 5.62. The number of piperazine rings is 1. The topological polar surface area (TPSA) is 43.8 Å². The van der Waals surface area contributed by atoms with Crippen LogP contribution >= 0.6 is 0 Å². The lowest BCUT2D eigenvalue weighted by Gasteiger charge is -2.36. The number of hydrogen-bond donors (Lipinski definition) is 1. The molecule has 0 spiro atoms. The first-order chi connectivity index (χ1) is 10.1. The molecule has 0 radical (unpaired) electrons. The van der Waals surface area contributed by atoms with Gasteiger partial charge in [-0.05, 0) is 24.1 Å². The summed E-state index contributed by atoms with van der Waals surface area (Å²) in [7, 11) is 0. The van der Waals surface area contributed by atoms with Crippen LogP contribution in [0.4, 0.5) is 0 Å². The lowest BCUT2D eigenvalue weighted by Crippen LogP contribution is -2.49. The van der Waals surface area contributed by atoms with Crippen LogP contribution in [0.3, 0.4) is 0 Å². The second kappa shape index (κ2) is 7.46. The smallest absolute Gasteiger partial charge is 0.225 e. The highest BCUT2D eigenvalue weighted by Crippen LogP contribution is 2.15. The van der Waals surface area contributed by atoms with Crippen molar-refractivity contribution in [2.45, 2.75) is 33.2 Å². The van der Waals surface area contributed by atoms with Crippen molar-refractivity contribution in [1.29, 1.82) is 0 Å². The van der Waals surface area contributed by atoms with Crippen LogP contribution in [0.15, 0.2) is 24.3 Å². The molecule has 1 heterocycles. The van der Waals surface area contributed by atoms with Crippen molar-refractivity contribution in [1.82, 2.24) is 9.80 Å². The maximum absolute atomic E-state index is 12.3. The number of amides is 1. The fourth-order valence-corrected chi connectivity index (χ4v) is 2.85. The third-order valence-electron chi connectivity index (χ3n) is 4.17. The number of nitrogens with zero attached hydrogens (tertiary/aromatic N) is 2. The van der Waals surface area contributed by atoms with Crippen molar-refractivity contribution in [3.05, 3.63) is 29.8 Å². The summed E-state index contributed by atoms with van der Waals surface area (Å²) in [6.45, 7) is 8.54. The molecule has 1 saturated heterocycles. The zero-order valence-corrected chi connectivity index (χ0v) is 13.1. The van der Waals surface area contributed by atoms with E-state index in [0.717, 1.165) is 45.6 Å². The first kappa shape index (κ1) is 15.8. The highest BCUT2D eigenvalue weighted by Gasteiger charge is 2.24. The van der Waals surface area contributed by atoms with Gasteiger partial charge in [-0.1, -0.05) is 32.4 Å². The third-order valence-corrected chi connectivity index (χ3v) is 4.17. The minimum atomic E-state index is 0.152. The number of benzene rings is 1. The predicted octanol–water partition coefficient (Wildman–Crippen LogP) is 2.47. The molecule has 1 amide bonds. The van der Waals surface area contributed by atoms with Crippen molar-refractivity contribution in [2.75, 3.05) is 26.2 Å². The number of hydrogen-bond acceptors (Lipinski definition) is 3. The van der Waals surface area contributed by atoms with E-state index in [1.165, 1.54) is 5.56 Å². The quantitative estimate of drug-likeness (QED) is 0.906. The Labute approximate surface area is 127 Å². The van der Waals surface area contributed by atoms with Crippen LogP contribution in [0.1, 0.15) is 32.3 Å². The van der Waals surface area contributed by atoms with Crippen LogP contribution < -0.4 is 0 Å². The SMILES string of the molecule is CCCC(C)C(=O)N1CCN(Cc2ccc(O)cc2)CC1. The van der Waals surface area contributed by atoms with Gasteiger partial charge in [-0.2, -0.15) is 0 Å². The average molecular weight is 290 g/mol. The van der Waals surface area contributed by atoms with E-state index in [0.29, 0.717) is 11.7 Å². The van der Waals surface area contributed by atoms with Crippen molar-refractivity contribution in [3.63, 3.8) is 0 Å². The molecule has 4 nitrogen and oxygen atoms in total. The van der Waals surface area contributed by atoms with Gasteiger partial charge in [0.1, 0.15) is 5.75 Å². The fraction of sp³-hybridized carbons (Fsp3) is 0.588. The highest BCUT2D eigenvalue weighted by molar-refractivity contribution is 5.78. The van der Waals surface area contributed by atoms with Crippen LogP contribution in [0.2, 0.25) is 0 Å². The molecule has 0 bridgehead atoms. The van der Waals surface area contributed by atoms with Crippen molar-refractivity contribution in [3.8, 4) is 5.75 Å². The maximum Gasteiger partial charge on any atom is 0.225 e. The average Bonchev–Trinajstić information content (AvgIpc) is 2.50. The van der Waals surface area contributed by atoms with Gasteiger partial charge < -0.3 is 10.0 Å². The Balaban J connectivity index is 1.80. The summed E-state index contributed by atoms with van der Waals surface area (Å²) in [6.07, 6.45) is 2.04. The molecule has 4 heteroatoms. The Morgan fingerprint density at radius 2 is 1.81 bits per heavy atom. The van der Waals surface area contributed by atoms with Crippen LogP contribution in [-0.4, -0.2) is 47.0 Å². The van der Waals surface area contributed by atoms with E-state index >= 15 is 0 Å². The van der Waals surface area contributed by atoms with E-state index in [1.807, 2.05) is 24.0 Å². The van der Waals surface area contributed by atoms with Gasteiger partial charge in [0.15, 0.2) is 0 Å². The maximum atomic E-state index is 12.3. The van der Waals surface area contributed by atoms with Gasteiger partial charge >= 0.3 is 0 Å². The van der Waals surface area contributed by atoms with Crippen LogP contribution in [0.25, 0.3) is 0 Å². The lowest BCUT2D eigenvalue weighted by atomic mass is 10.0. The molecule has 1 N–H and O–H groups in total. The Hall–Kier alpha value is -1.55. The van der Waals surface area contributed by atoms with E-state index in [-0.39, 0.29) is 5.92 Å². The number of rotatable bonds is 5. The fourth-order valence-electron chi connectivity index (χ4n) is 2.85. The van der Waals surface area contributed by atoms with E-state index in [1.54, 1.807) is 12.1 Å². The molecule has 1 fully saturated rings. The molecule has 1 aromatic rings. The number of carbonyl (C=O) groups is 1. The molecule has 2 rings (SSSR count). The van der Waals surface area contributed by atoms with Crippen molar-refractivity contribution < 1.29 is 9.90 Å². The van der Waals surface area contributed by atoms with Crippen molar-refractivity contribution in [2.24, 2.45) is 5.92 Å². The molecule has 0 aromatic heterocycles. The van der Waals surface area contributed by atoms with Gasteiger partial charge in [-0.15, -0.1) is 0 Å². The molecule has 21 heavy (non-hydrogen) atoms. The minimum absolute atomic E-state index is 0.152. The van der Waals surface area contributed by atoms with E-state index in [4.69, 9.17) is 0 Å². The Morgan fingerprint density at radius 3 is 2.38 bits per heavy atom. The normalized spacial score (nSPS) is 17.7. The molecule has 1 aliphatic heterocycles. The molecular weight excluding hydrogens is 264 g/mol. The van der Waals surface area contributed by atoms with Gasteiger partial charge in [-0.25, -0.2) is 0 Å². The summed E-state index contributed by atoms with van der Waals surface area (Å²) in [6, 6.07) is 7.36. The molecule has 1 aliphatic rings. The van der Waals surface area contributed by atoms with Crippen molar-refractivity contribution >= 4 is 5.91 Å². The standard InChI is InChI=1S/C17H26N2O2/c1-3-4-14(2)17(21)19-11-9-18(10-12-19)13-15-5-7-16(20)8-6-15/h5-8,14,20H,3-4,9-13H2,1-2H3. The molecular formula is C17H26N2O2. The number of phenols is 1. The van der Waals surface area contributed by atoms with Crippen LogP contribution in [-0.2, 0) is 11.3 Å². The van der Waals surface area contributed by atoms with E-state index in [2.05, 4.69) is 11.8 Å². The zero-order valence-electron chi connectivity index (χ0n) is 13.1. The number of carbonyl (C=O) groups excluding carboxylic acids is 1. The summed E-state index contributed by atoms with van der Waals surface area (Å²) in [4.78, 5) is 16.6. The van der Waals surface area contributed by atoms with Gasteiger partial charge in [-0.3, -0.25) is 9.69 Å². The van der Waals surface area contributed by atoms with Crippen LogP contribution in [0.5, 0.6) is 5.75 Å². The Bertz CT molecular complexity index is 450. The Morgan fingerprint density at radius 1 is 1.19 bits per heavy atom. The zero-order chi connectivity index (χ0) is 15.2. The minimum Gasteiger partial charge on any atom is -0.508 e. The predicted molar refractivity (Wildman–Crippen MR) is 84.0 cm³/mol. The summed E-state index contributed by atoms with van der Waals surface area (Å²) in [5, 5.41) is 9.30. The summed E-state index contributed by atoms with van der Waals surface area (Å²) in [5.41, 5.74) is 1.20. The summed E-state index contributed by atoms with van der Waals surface area (Å²) < 4.78 is 0. The lowest BCUT2D eigenvalue weighted by molar-refractivity contribution is -0.137. The van der Waals surface area contributed by atoms with Crippen LogP contribution in [0, 0.1) is 5.92 Å². The van der Waals surface area contributed by atoms with Gasteiger partial charge in [0.25, 0.3) is 0 Å². The largest absolute Gasteiger partial charge is 0.508 e. The monoisotopic (exact) mass is 290 g/mol. The second-order valence-corrected chi connectivity index (χ2v) is 5.96.